The van der Waals surface area contributed by atoms with Crippen molar-refractivity contribution in [2.75, 3.05) is 14.1 Å². The molecule has 0 saturated carbocycles. The number of nitrogens with one attached hydrogen (secondary N) is 1. The zero-order chi connectivity index (χ0) is 18.6. The third-order valence-corrected chi connectivity index (χ3v) is 5.12. The molecule has 9 heteroatoms. The molecular formula is C16H18N2O6S. The topological polar surface area (TPSA) is 117 Å². The van der Waals surface area contributed by atoms with Gasteiger partial charge in [-0.15, -0.1) is 0 Å². The van der Waals surface area contributed by atoms with Gasteiger partial charge in [-0.05, 0) is 17.7 Å². The second-order valence-electron chi connectivity index (χ2n) is 5.44. The van der Waals surface area contributed by atoms with E-state index in [0.717, 1.165) is 4.31 Å². The lowest BCUT2D eigenvalue weighted by Gasteiger charge is -2.16. The second-order valence-corrected chi connectivity index (χ2v) is 7.52. The summed E-state index contributed by atoms with van der Waals surface area (Å²) in [7, 11) is -1.11. The molecule has 2 N–H and O–H groups in total. The summed E-state index contributed by atoms with van der Waals surface area (Å²) in [6, 6.07) is 10.2. The Morgan fingerprint density at radius 2 is 1.80 bits per heavy atom. The lowest BCUT2D eigenvalue weighted by Crippen LogP contribution is -2.30. The van der Waals surface area contributed by atoms with Crippen LogP contribution in [0, 0.1) is 0 Å². The Morgan fingerprint density at radius 1 is 1.16 bits per heavy atom. The van der Waals surface area contributed by atoms with E-state index in [1.165, 1.54) is 26.2 Å². The minimum atomic E-state index is -3.80. The average molecular weight is 366 g/mol. The first-order valence-corrected chi connectivity index (χ1v) is 8.76. The summed E-state index contributed by atoms with van der Waals surface area (Å²) < 4.78 is 30.0. The fourth-order valence-electron chi connectivity index (χ4n) is 2.10. The van der Waals surface area contributed by atoms with Crippen molar-refractivity contribution in [1.29, 1.82) is 0 Å². The summed E-state index contributed by atoms with van der Waals surface area (Å²) in [4.78, 5) is 23.4. The van der Waals surface area contributed by atoms with Crippen LogP contribution in [0.1, 0.15) is 28.6 Å². The van der Waals surface area contributed by atoms with E-state index >= 15 is 0 Å². The van der Waals surface area contributed by atoms with Crippen LogP contribution >= 0.6 is 0 Å². The van der Waals surface area contributed by atoms with Gasteiger partial charge in [0.25, 0.3) is 15.9 Å². The third-order valence-electron chi connectivity index (χ3n) is 3.43. The van der Waals surface area contributed by atoms with Crippen molar-refractivity contribution in [2.24, 2.45) is 0 Å². The minimum Gasteiger partial charge on any atom is -0.481 e. The third kappa shape index (κ3) is 4.46. The molecule has 0 radical (unpaired) electrons. The van der Waals surface area contributed by atoms with E-state index in [1.54, 1.807) is 30.3 Å². The van der Waals surface area contributed by atoms with Gasteiger partial charge in [0.05, 0.1) is 12.5 Å². The van der Waals surface area contributed by atoms with Gasteiger partial charge in [0.15, 0.2) is 5.76 Å². The monoisotopic (exact) mass is 366 g/mol. The van der Waals surface area contributed by atoms with Crippen LogP contribution in [0.4, 0.5) is 0 Å². The highest BCUT2D eigenvalue weighted by atomic mass is 32.2. The number of furan rings is 1. The number of benzene rings is 1. The van der Waals surface area contributed by atoms with Gasteiger partial charge in [0.1, 0.15) is 0 Å². The summed E-state index contributed by atoms with van der Waals surface area (Å²) in [5.41, 5.74) is 0.617. The number of amides is 1. The van der Waals surface area contributed by atoms with Gasteiger partial charge >= 0.3 is 5.97 Å². The number of carbonyl (C=O) groups is 2. The molecule has 0 bridgehead atoms. The molecule has 1 aromatic heterocycles. The molecule has 2 aromatic rings. The Bertz CT molecular complexity index is 858. The summed E-state index contributed by atoms with van der Waals surface area (Å²) in [5.74, 6) is -1.99. The zero-order valence-electron chi connectivity index (χ0n) is 13.7. The maximum atomic E-state index is 12.3. The van der Waals surface area contributed by atoms with E-state index in [1.807, 2.05) is 0 Å². The van der Waals surface area contributed by atoms with E-state index < -0.39 is 27.9 Å². The van der Waals surface area contributed by atoms with E-state index in [-0.39, 0.29) is 17.3 Å². The van der Waals surface area contributed by atoms with Crippen LogP contribution in [0.15, 0.2) is 52.0 Å². The van der Waals surface area contributed by atoms with Crippen molar-refractivity contribution in [3.63, 3.8) is 0 Å². The minimum absolute atomic E-state index is 0.216. The molecule has 0 aliphatic rings. The second kappa shape index (κ2) is 7.49. The standard InChI is InChI=1S/C16H18N2O6S/c1-18(2)25(22,23)15-9-8-13(24-15)16(21)17-12(10-14(19)20)11-6-4-3-5-7-11/h3-9,12H,10H2,1-2H3,(H,17,21)(H,19,20). The summed E-state index contributed by atoms with van der Waals surface area (Å²) in [5, 5.41) is 11.2. The highest BCUT2D eigenvalue weighted by Crippen LogP contribution is 2.20. The van der Waals surface area contributed by atoms with Gasteiger partial charge in [-0.1, -0.05) is 30.3 Å². The molecule has 0 saturated heterocycles. The van der Waals surface area contributed by atoms with Crippen molar-refractivity contribution < 1.29 is 27.5 Å². The SMILES string of the molecule is CN(C)S(=O)(=O)c1ccc(C(=O)NC(CC(=O)O)c2ccccc2)o1. The Kier molecular flexibility index (Phi) is 5.60. The van der Waals surface area contributed by atoms with E-state index in [9.17, 15) is 18.0 Å². The normalized spacial score (nSPS) is 12.8. The van der Waals surface area contributed by atoms with Crippen LogP contribution in [0.2, 0.25) is 0 Å². The largest absolute Gasteiger partial charge is 0.481 e. The lowest BCUT2D eigenvalue weighted by atomic mass is 10.0. The van der Waals surface area contributed by atoms with E-state index in [0.29, 0.717) is 5.56 Å². The van der Waals surface area contributed by atoms with Crippen molar-refractivity contribution in [1.82, 2.24) is 9.62 Å². The summed E-state index contributed by atoms with van der Waals surface area (Å²) >= 11 is 0. The maximum absolute atomic E-state index is 12.3. The predicted octanol–water partition coefficient (Wildman–Crippen LogP) is 1.48. The number of nitrogens with zero attached hydrogens (tertiary/aromatic N) is 1. The number of carbonyl (C=O) groups excluding carboxylic acids is 1. The first-order chi connectivity index (χ1) is 11.7. The molecule has 1 heterocycles. The number of rotatable bonds is 7. The molecule has 2 rings (SSSR count). The Labute approximate surface area is 145 Å². The van der Waals surface area contributed by atoms with Crippen LogP contribution in [0.5, 0.6) is 0 Å². The molecule has 1 aromatic carbocycles. The Morgan fingerprint density at radius 3 is 2.36 bits per heavy atom. The highest BCUT2D eigenvalue weighted by molar-refractivity contribution is 7.88. The first-order valence-electron chi connectivity index (χ1n) is 7.32. The number of sulfonamides is 1. The predicted molar refractivity (Wildman–Crippen MR) is 88.5 cm³/mol. The molecule has 25 heavy (non-hydrogen) atoms. The maximum Gasteiger partial charge on any atom is 0.305 e. The van der Waals surface area contributed by atoms with Gasteiger partial charge in [0, 0.05) is 14.1 Å². The number of hydrogen-bond donors (Lipinski definition) is 2. The van der Waals surface area contributed by atoms with E-state index in [2.05, 4.69) is 5.32 Å². The van der Waals surface area contributed by atoms with Crippen molar-refractivity contribution in [2.45, 2.75) is 17.6 Å². The molecule has 1 unspecified atom stereocenters. The van der Waals surface area contributed by atoms with Gasteiger partial charge in [-0.25, -0.2) is 12.7 Å². The van der Waals surface area contributed by atoms with Crippen LogP contribution in [0.25, 0.3) is 0 Å². The Hall–Kier alpha value is -2.65. The zero-order valence-corrected chi connectivity index (χ0v) is 14.5. The Balaban J connectivity index is 2.22. The van der Waals surface area contributed by atoms with Crippen LogP contribution in [-0.2, 0) is 14.8 Å². The molecule has 0 spiro atoms. The fourth-order valence-corrected chi connectivity index (χ4v) is 2.90. The van der Waals surface area contributed by atoms with Gasteiger partial charge in [-0.3, -0.25) is 9.59 Å². The number of aliphatic carboxylic acids is 1. The molecule has 8 nitrogen and oxygen atoms in total. The molecule has 134 valence electrons. The van der Waals surface area contributed by atoms with Crippen molar-refractivity contribution >= 4 is 21.9 Å². The van der Waals surface area contributed by atoms with Crippen LogP contribution in [0.3, 0.4) is 0 Å². The van der Waals surface area contributed by atoms with Gasteiger partial charge in [-0.2, -0.15) is 0 Å². The van der Waals surface area contributed by atoms with Gasteiger partial charge < -0.3 is 14.8 Å². The first kappa shape index (κ1) is 18.7. The van der Waals surface area contributed by atoms with Crippen molar-refractivity contribution in [3.8, 4) is 0 Å². The lowest BCUT2D eigenvalue weighted by molar-refractivity contribution is -0.137. The highest BCUT2D eigenvalue weighted by Gasteiger charge is 2.25. The summed E-state index contributed by atoms with van der Waals surface area (Å²) in [6.45, 7) is 0. The molecule has 1 amide bonds. The van der Waals surface area contributed by atoms with E-state index in [4.69, 9.17) is 9.52 Å². The van der Waals surface area contributed by atoms with Crippen molar-refractivity contribution in [3.05, 3.63) is 53.8 Å². The van der Waals surface area contributed by atoms with Crippen LogP contribution < -0.4 is 5.32 Å². The summed E-state index contributed by atoms with van der Waals surface area (Å²) in [6.07, 6.45) is -0.320. The molecule has 0 aliphatic heterocycles. The van der Waals surface area contributed by atoms with Crippen LogP contribution in [-0.4, -0.2) is 43.8 Å². The molecule has 0 aliphatic carbocycles. The van der Waals surface area contributed by atoms with Gasteiger partial charge in [0.2, 0.25) is 5.09 Å². The number of carboxylic acid groups (broad SMARTS) is 1. The molecule has 1 atom stereocenters. The fraction of sp³-hybridized carbons (Fsp3) is 0.250. The molecule has 0 fully saturated rings. The molecular weight excluding hydrogens is 348 g/mol. The average Bonchev–Trinajstić information content (AvgIpc) is 3.05. The number of hydrogen-bond acceptors (Lipinski definition) is 5. The number of carboxylic acids is 1. The smallest absolute Gasteiger partial charge is 0.305 e. The quantitative estimate of drug-likeness (QED) is 0.766.